The van der Waals surface area contributed by atoms with Crippen LogP contribution in [0.5, 0.6) is 0 Å². The summed E-state index contributed by atoms with van der Waals surface area (Å²) in [5, 5.41) is 20.4. The second kappa shape index (κ2) is 18.7. The first-order chi connectivity index (χ1) is 18.4. The van der Waals surface area contributed by atoms with E-state index in [1.165, 1.54) is 38.5 Å². The number of aromatic nitrogens is 1. The Labute approximate surface area is 228 Å². The van der Waals surface area contributed by atoms with Gasteiger partial charge in [0.1, 0.15) is 5.82 Å². The number of hydrogen-bond acceptors (Lipinski definition) is 8. The number of rotatable bonds is 20. The Morgan fingerprint density at radius 3 is 2.03 bits per heavy atom. The first kappa shape index (κ1) is 31.8. The Morgan fingerprint density at radius 1 is 0.974 bits per heavy atom. The molecular weight excluding hydrogens is 486 g/mol. The fraction of sp³-hybridized carbons (Fsp3) is 0.786. The third-order valence-electron chi connectivity index (χ3n) is 7.01. The fourth-order valence-corrected chi connectivity index (χ4v) is 4.90. The largest absolute Gasteiger partial charge is 0.354 e. The molecule has 0 aromatic carbocycles. The zero-order valence-corrected chi connectivity index (χ0v) is 23.6. The monoisotopic (exact) mass is 535 g/mol. The van der Waals surface area contributed by atoms with E-state index in [1.807, 2.05) is 6.07 Å². The van der Waals surface area contributed by atoms with E-state index in [2.05, 4.69) is 33.5 Å². The van der Waals surface area contributed by atoms with E-state index in [4.69, 9.17) is 0 Å². The summed E-state index contributed by atoms with van der Waals surface area (Å²) in [4.78, 5) is 36.1. The number of piperazine rings is 1. The topological polar surface area (TPSA) is 112 Å². The maximum absolute atomic E-state index is 12.6. The zero-order chi connectivity index (χ0) is 27.6. The van der Waals surface area contributed by atoms with Crippen LogP contribution in [0.1, 0.15) is 101 Å². The van der Waals surface area contributed by atoms with Crippen molar-refractivity contribution in [2.75, 3.05) is 50.8 Å². The van der Waals surface area contributed by atoms with E-state index in [-0.39, 0.29) is 6.61 Å². The standard InChI is InChI=1S/C28H49N5O5/c1-25(2)24-30-18-20-31(21-19-30)27-16-15-26(23-29-27)28(34)32(35)17-13-11-9-7-5-3-4-6-8-10-12-14-22-38-33(36)37/h15-16,23,25,35H,3-14,17-22,24H2,1-2H3. The molecule has 216 valence electrons. The predicted octanol–water partition coefficient (Wildman–Crippen LogP) is 5.58. The van der Waals surface area contributed by atoms with Gasteiger partial charge in [0.15, 0.2) is 0 Å². The minimum atomic E-state index is -0.729. The van der Waals surface area contributed by atoms with Crippen LogP contribution >= 0.6 is 0 Å². The lowest BCUT2D eigenvalue weighted by molar-refractivity contribution is -0.757. The van der Waals surface area contributed by atoms with Crippen molar-refractivity contribution in [3.63, 3.8) is 0 Å². The number of carbonyl (C=O) groups is 1. The molecule has 0 radical (unpaired) electrons. The minimum absolute atomic E-state index is 0.205. The van der Waals surface area contributed by atoms with Crippen molar-refractivity contribution >= 4 is 11.7 Å². The molecule has 10 nitrogen and oxygen atoms in total. The molecule has 0 atom stereocenters. The number of hydrogen-bond donors (Lipinski definition) is 1. The molecule has 1 N–H and O–H groups in total. The average molecular weight is 536 g/mol. The summed E-state index contributed by atoms with van der Waals surface area (Å²) in [6.45, 7) is 10.1. The highest BCUT2D eigenvalue weighted by molar-refractivity contribution is 5.93. The molecular formula is C28H49N5O5. The first-order valence-corrected chi connectivity index (χ1v) is 14.6. The molecule has 0 aliphatic carbocycles. The Bertz CT molecular complexity index is 784. The number of carbonyl (C=O) groups excluding carboxylic acids is 1. The molecule has 1 aromatic rings. The van der Waals surface area contributed by atoms with Gasteiger partial charge in [-0.25, -0.2) is 10.0 Å². The number of anilines is 1. The molecule has 0 bridgehead atoms. The van der Waals surface area contributed by atoms with E-state index in [9.17, 15) is 20.1 Å². The highest BCUT2D eigenvalue weighted by Crippen LogP contribution is 2.16. The van der Waals surface area contributed by atoms with Crippen LogP contribution in [0.3, 0.4) is 0 Å². The van der Waals surface area contributed by atoms with Crippen LogP contribution in [0.25, 0.3) is 0 Å². The molecule has 1 fully saturated rings. The van der Waals surface area contributed by atoms with E-state index in [1.54, 1.807) is 12.3 Å². The second-order valence-corrected chi connectivity index (χ2v) is 10.8. The fourth-order valence-electron chi connectivity index (χ4n) is 4.90. The molecule has 2 rings (SSSR count). The molecule has 1 saturated heterocycles. The summed E-state index contributed by atoms with van der Waals surface area (Å²) in [5.74, 6) is 1.16. The molecule has 2 heterocycles. The normalized spacial score (nSPS) is 14.2. The number of nitrogens with zero attached hydrogens (tertiary/aromatic N) is 5. The molecule has 1 aliphatic rings. The highest BCUT2D eigenvalue weighted by atomic mass is 16.9. The maximum Gasteiger partial charge on any atom is 0.294 e. The Morgan fingerprint density at radius 2 is 1.53 bits per heavy atom. The number of amides is 1. The van der Waals surface area contributed by atoms with Crippen molar-refractivity contribution in [1.82, 2.24) is 14.9 Å². The lowest BCUT2D eigenvalue weighted by Crippen LogP contribution is -2.47. The third kappa shape index (κ3) is 13.4. The van der Waals surface area contributed by atoms with Gasteiger partial charge in [-0.15, -0.1) is 10.1 Å². The van der Waals surface area contributed by atoms with Crippen LogP contribution in [0.4, 0.5) is 5.82 Å². The second-order valence-electron chi connectivity index (χ2n) is 10.8. The summed E-state index contributed by atoms with van der Waals surface area (Å²) in [7, 11) is 0. The average Bonchev–Trinajstić information content (AvgIpc) is 2.90. The third-order valence-corrected chi connectivity index (χ3v) is 7.01. The highest BCUT2D eigenvalue weighted by Gasteiger charge is 2.19. The van der Waals surface area contributed by atoms with E-state index >= 15 is 0 Å². The Hall–Kier alpha value is -2.46. The van der Waals surface area contributed by atoms with E-state index < -0.39 is 11.0 Å². The van der Waals surface area contributed by atoms with Gasteiger partial charge in [-0.2, -0.15) is 0 Å². The van der Waals surface area contributed by atoms with Crippen molar-refractivity contribution in [1.29, 1.82) is 0 Å². The smallest absolute Gasteiger partial charge is 0.294 e. The zero-order valence-electron chi connectivity index (χ0n) is 23.6. The van der Waals surface area contributed by atoms with Crippen molar-refractivity contribution in [3.05, 3.63) is 34.0 Å². The molecule has 1 amide bonds. The minimum Gasteiger partial charge on any atom is -0.354 e. The van der Waals surface area contributed by atoms with Crippen LogP contribution in [-0.4, -0.2) is 77.0 Å². The summed E-state index contributed by atoms with van der Waals surface area (Å²) < 4.78 is 0. The van der Waals surface area contributed by atoms with Crippen LogP contribution in [0, 0.1) is 16.0 Å². The van der Waals surface area contributed by atoms with Crippen molar-refractivity contribution in [3.8, 4) is 0 Å². The summed E-state index contributed by atoms with van der Waals surface area (Å²) in [6, 6.07) is 3.65. The van der Waals surface area contributed by atoms with Crippen LogP contribution in [0.2, 0.25) is 0 Å². The lowest BCUT2D eigenvalue weighted by atomic mass is 10.1. The predicted molar refractivity (Wildman–Crippen MR) is 149 cm³/mol. The molecule has 0 saturated carbocycles. The first-order valence-electron chi connectivity index (χ1n) is 14.6. The van der Waals surface area contributed by atoms with Crippen LogP contribution in [0.15, 0.2) is 18.3 Å². The molecule has 1 aromatic heterocycles. The van der Waals surface area contributed by atoms with Gasteiger partial charge in [-0.1, -0.05) is 78.1 Å². The summed E-state index contributed by atoms with van der Waals surface area (Å²) >= 11 is 0. The van der Waals surface area contributed by atoms with Gasteiger partial charge in [0, 0.05) is 45.5 Å². The molecule has 10 heteroatoms. The number of unbranched alkanes of at least 4 members (excludes halogenated alkanes) is 11. The van der Waals surface area contributed by atoms with Crippen molar-refractivity contribution < 1.29 is 19.9 Å². The quantitative estimate of drug-likeness (QED) is 0.0996. The van der Waals surface area contributed by atoms with Crippen molar-refractivity contribution in [2.24, 2.45) is 5.92 Å². The van der Waals surface area contributed by atoms with E-state index in [0.29, 0.717) is 18.0 Å². The van der Waals surface area contributed by atoms with Crippen LogP contribution < -0.4 is 4.90 Å². The SMILES string of the molecule is CC(C)CN1CCN(c2ccc(C(=O)N(O)CCCCCCCCCCCCCCO[N+](=O)[O-])cn2)CC1. The molecule has 0 unspecified atom stereocenters. The maximum atomic E-state index is 12.6. The van der Waals surface area contributed by atoms with Gasteiger partial charge in [0.25, 0.3) is 11.0 Å². The number of hydroxylamine groups is 2. The van der Waals surface area contributed by atoms with Gasteiger partial charge in [-0.05, 0) is 30.9 Å². The van der Waals surface area contributed by atoms with Gasteiger partial charge in [0.05, 0.1) is 12.2 Å². The van der Waals surface area contributed by atoms with Gasteiger partial charge in [-0.3, -0.25) is 14.9 Å². The van der Waals surface area contributed by atoms with E-state index in [0.717, 1.165) is 82.1 Å². The summed E-state index contributed by atoms with van der Waals surface area (Å²) in [5.41, 5.74) is 0.416. The summed E-state index contributed by atoms with van der Waals surface area (Å²) in [6.07, 6.45) is 14.5. The molecule has 1 aliphatic heterocycles. The Balaban J connectivity index is 1.48. The van der Waals surface area contributed by atoms with Gasteiger partial charge >= 0.3 is 0 Å². The molecule has 38 heavy (non-hydrogen) atoms. The number of pyridine rings is 1. The molecule has 0 spiro atoms. The Kier molecular flexibility index (Phi) is 15.7. The lowest BCUT2D eigenvalue weighted by Gasteiger charge is -2.36. The van der Waals surface area contributed by atoms with Crippen molar-refractivity contribution in [2.45, 2.75) is 90.9 Å². The van der Waals surface area contributed by atoms with Gasteiger partial charge < -0.3 is 9.74 Å². The van der Waals surface area contributed by atoms with Crippen LogP contribution in [-0.2, 0) is 4.84 Å². The van der Waals surface area contributed by atoms with Gasteiger partial charge in [0.2, 0.25) is 0 Å².